The van der Waals surface area contributed by atoms with E-state index in [1.54, 1.807) is 7.11 Å². The van der Waals surface area contributed by atoms with Crippen LogP contribution in [0, 0.1) is 0 Å². The predicted molar refractivity (Wildman–Crippen MR) is 97.6 cm³/mol. The van der Waals surface area contributed by atoms with Gasteiger partial charge in [-0.25, -0.2) is 0 Å². The highest BCUT2D eigenvalue weighted by Crippen LogP contribution is 2.17. The molecule has 0 spiro atoms. The fourth-order valence-electron chi connectivity index (χ4n) is 2.42. The van der Waals surface area contributed by atoms with Gasteiger partial charge in [-0.1, -0.05) is 41.9 Å². The molecular weight excluding hydrogens is 324 g/mol. The fourth-order valence-corrected chi connectivity index (χ4v) is 2.55. The Kier molecular flexibility index (Phi) is 7.09. The lowest BCUT2D eigenvalue weighted by molar-refractivity contribution is -0.120. The SMILES string of the molecule is COc1ccccc1CCNC(=O)CN[C@@H](C)c1ccc(Cl)cc1. The van der Waals surface area contributed by atoms with Gasteiger partial charge in [-0.2, -0.15) is 0 Å². The van der Waals surface area contributed by atoms with Crippen LogP contribution >= 0.6 is 11.6 Å². The third kappa shape index (κ3) is 5.55. The fraction of sp³-hybridized carbons (Fsp3) is 0.316. The highest BCUT2D eigenvalue weighted by Gasteiger charge is 2.08. The maximum Gasteiger partial charge on any atom is 0.233 e. The van der Waals surface area contributed by atoms with E-state index in [9.17, 15) is 4.79 Å². The van der Waals surface area contributed by atoms with E-state index >= 15 is 0 Å². The van der Waals surface area contributed by atoms with Crippen molar-refractivity contribution in [3.63, 3.8) is 0 Å². The van der Waals surface area contributed by atoms with Gasteiger partial charge in [-0.15, -0.1) is 0 Å². The largest absolute Gasteiger partial charge is 0.496 e. The molecule has 128 valence electrons. The van der Waals surface area contributed by atoms with E-state index < -0.39 is 0 Å². The van der Waals surface area contributed by atoms with Crippen molar-refractivity contribution in [3.8, 4) is 5.75 Å². The molecule has 0 unspecified atom stereocenters. The summed E-state index contributed by atoms with van der Waals surface area (Å²) in [7, 11) is 1.65. The molecule has 1 amide bonds. The number of amides is 1. The minimum absolute atomic E-state index is 0.0225. The maximum absolute atomic E-state index is 12.0. The molecule has 0 fully saturated rings. The summed E-state index contributed by atoms with van der Waals surface area (Å²) in [6.45, 7) is 2.87. The first kappa shape index (κ1) is 18.3. The van der Waals surface area contributed by atoms with E-state index in [4.69, 9.17) is 16.3 Å². The number of para-hydroxylation sites is 1. The molecule has 0 aromatic heterocycles. The van der Waals surface area contributed by atoms with Crippen LogP contribution in [0.25, 0.3) is 0 Å². The average molecular weight is 347 g/mol. The summed E-state index contributed by atoms with van der Waals surface area (Å²) in [4.78, 5) is 12.0. The number of ether oxygens (including phenoxy) is 1. The summed E-state index contributed by atoms with van der Waals surface area (Å²) in [6.07, 6.45) is 0.739. The summed E-state index contributed by atoms with van der Waals surface area (Å²) < 4.78 is 5.30. The van der Waals surface area contributed by atoms with Crippen LogP contribution in [0.2, 0.25) is 5.02 Å². The van der Waals surface area contributed by atoms with Gasteiger partial charge in [0, 0.05) is 17.6 Å². The molecule has 0 aliphatic carbocycles. The quantitative estimate of drug-likeness (QED) is 0.770. The lowest BCUT2D eigenvalue weighted by atomic mass is 10.1. The van der Waals surface area contributed by atoms with Crippen LogP contribution in [0.5, 0.6) is 5.75 Å². The molecule has 0 bridgehead atoms. The minimum atomic E-state index is -0.0225. The van der Waals surface area contributed by atoms with Crippen LogP contribution in [0.4, 0.5) is 0 Å². The normalized spacial score (nSPS) is 11.8. The van der Waals surface area contributed by atoms with Crippen molar-refractivity contribution in [1.82, 2.24) is 10.6 Å². The Bertz CT molecular complexity index is 659. The van der Waals surface area contributed by atoms with Gasteiger partial charge in [0.05, 0.1) is 13.7 Å². The van der Waals surface area contributed by atoms with E-state index in [-0.39, 0.29) is 18.5 Å². The van der Waals surface area contributed by atoms with E-state index in [2.05, 4.69) is 10.6 Å². The number of methoxy groups -OCH3 is 1. The van der Waals surface area contributed by atoms with Crippen molar-refractivity contribution in [1.29, 1.82) is 0 Å². The van der Waals surface area contributed by atoms with E-state index in [1.165, 1.54) is 0 Å². The summed E-state index contributed by atoms with van der Waals surface area (Å²) in [5.74, 6) is 0.826. The minimum Gasteiger partial charge on any atom is -0.496 e. The third-order valence-electron chi connectivity index (χ3n) is 3.85. The number of carbonyl (C=O) groups is 1. The smallest absolute Gasteiger partial charge is 0.233 e. The maximum atomic E-state index is 12.0. The Balaban J connectivity index is 1.72. The van der Waals surface area contributed by atoms with Gasteiger partial charge < -0.3 is 15.4 Å². The molecule has 1 atom stereocenters. The number of hydrogen-bond acceptors (Lipinski definition) is 3. The lowest BCUT2D eigenvalue weighted by Crippen LogP contribution is -2.36. The number of benzene rings is 2. The first-order chi connectivity index (χ1) is 11.6. The molecule has 2 N–H and O–H groups in total. The first-order valence-corrected chi connectivity index (χ1v) is 8.35. The highest BCUT2D eigenvalue weighted by atomic mass is 35.5. The second-order valence-electron chi connectivity index (χ2n) is 5.57. The van der Waals surface area contributed by atoms with Gasteiger partial charge in [-0.05, 0) is 42.7 Å². The van der Waals surface area contributed by atoms with Gasteiger partial charge in [0.15, 0.2) is 0 Å². The molecule has 0 aliphatic heterocycles. The standard InChI is InChI=1S/C19H23ClN2O2/c1-14(15-7-9-17(20)10-8-15)22-13-19(23)21-12-11-16-5-3-4-6-18(16)24-2/h3-10,14,22H,11-13H2,1-2H3,(H,21,23)/t14-/m0/s1. The van der Waals surface area contributed by atoms with E-state index in [1.807, 2.05) is 55.5 Å². The Morgan fingerprint density at radius 3 is 2.58 bits per heavy atom. The zero-order chi connectivity index (χ0) is 17.4. The molecule has 0 heterocycles. The second kappa shape index (κ2) is 9.30. The number of halogens is 1. The third-order valence-corrected chi connectivity index (χ3v) is 4.10. The van der Waals surface area contributed by atoms with Crippen LogP contribution in [-0.4, -0.2) is 26.1 Å². The molecular formula is C19H23ClN2O2. The Labute approximate surface area is 148 Å². The van der Waals surface area contributed by atoms with Gasteiger partial charge in [0.1, 0.15) is 5.75 Å². The second-order valence-corrected chi connectivity index (χ2v) is 6.00. The summed E-state index contributed by atoms with van der Waals surface area (Å²) in [6, 6.07) is 15.5. The number of carbonyl (C=O) groups excluding carboxylic acids is 1. The summed E-state index contributed by atoms with van der Waals surface area (Å²) >= 11 is 5.88. The molecule has 5 heteroatoms. The molecule has 2 aromatic carbocycles. The lowest BCUT2D eigenvalue weighted by Gasteiger charge is -2.14. The van der Waals surface area contributed by atoms with Crippen LogP contribution in [0.15, 0.2) is 48.5 Å². The van der Waals surface area contributed by atoms with Gasteiger partial charge in [0.2, 0.25) is 5.91 Å². The molecule has 0 saturated carbocycles. The molecule has 2 aromatic rings. The van der Waals surface area contributed by atoms with Crippen molar-refractivity contribution in [2.75, 3.05) is 20.2 Å². The number of rotatable bonds is 8. The Hall–Kier alpha value is -2.04. The monoisotopic (exact) mass is 346 g/mol. The van der Waals surface area contributed by atoms with Gasteiger partial charge in [0.25, 0.3) is 0 Å². The molecule has 2 rings (SSSR count). The Morgan fingerprint density at radius 1 is 1.17 bits per heavy atom. The summed E-state index contributed by atoms with van der Waals surface area (Å²) in [5.41, 5.74) is 2.18. The van der Waals surface area contributed by atoms with E-state index in [0.29, 0.717) is 11.6 Å². The molecule has 24 heavy (non-hydrogen) atoms. The van der Waals surface area contributed by atoms with Crippen LogP contribution in [0.1, 0.15) is 24.1 Å². The van der Waals surface area contributed by atoms with Crippen LogP contribution in [-0.2, 0) is 11.2 Å². The average Bonchev–Trinajstić information content (AvgIpc) is 2.60. The van der Waals surface area contributed by atoms with E-state index in [0.717, 1.165) is 23.3 Å². The van der Waals surface area contributed by atoms with Crippen LogP contribution in [0.3, 0.4) is 0 Å². The molecule has 0 aliphatic rings. The number of hydrogen-bond donors (Lipinski definition) is 2. The highest BCUT2D eigenvalue weighted by molar-refractivity contribution is 6.30. The van der Waals surface area contributed by atoms with Crippen LogP contribution < -0.4 is 15.4 Å². The predicted octanol–water partition coefficient (Wildman–Crippen LogP) is 3.36. The zero-order valence-corrected chi connectivity index (χ0v) is 14.8. The number of nitrogens with one attached hydrogen (secondary N) is 2. The van der Waals surface area contributed by atoms with Crippen molar-refractivity contribution in [3.05, 3.63) is 64.7 Å². The summed E-state index contributed by atoms with van der Waals surface area (Å²) in [5, 5.41) is 6.84. The molecule has 0 radical (unpaired) electrons. The van der Waals surface area contributed by atoms with Gasteiger partial charge >= 0.3 is 0 Å². The van der Waals surface area contributed by atoms with Crippen molar-refractivity contribution >= 4 is 17.5 Å². The molecule has 0 saturated heterocycles. The topological polar surface area (TPSA) is 50.4 Å². The van der Waals surface area contributed by atoms with Crippen molar-refractivity contribution in [2.45, 2.75) is 19.4 Å². The first-order valence-electron chi connectivity index (χ1n) is 7.97. The van der Waals surface area contributed by atoms with Crippen molar-refractivity contribution in [2.24, 2.45) is 0 Å². The van der Waals surface area contributed by atoms with Crippen molar-refractivity contribution < 1.29 is 9.53 Å². The molecule has 4 nitrogen and oxygen atoms in total. The van der Waals surface area contributed by atoms with Gasteiger partial charge in [-0.3, -0.25) is 4.79 Å². The Morgan fingerprint density at radius 2 is 1.88 bits per heavy atom. The zero-order valence-electron chi connectivity index (χ0n) is 14.0.